The molecule has 0 heterocycles. The van der Waals surface area contributed by atoms with Gasteiger partial charge in [0.1, 0.15) is 0 Å². The molecule has 0 aliphatic rings. The molecule has 0 amide bonds. The third kappa shape index (κ3) is 3.44. The fourth-order valence-corrected chi connectivity index (χ4v) is 2.35. The van der Waals surface area contributed by atoms with Gasteiger partial charge in [0, 0.05) is 10.9 Å². The largest absolute Gasteiger partial charge is 0.504 e. The van der Waals surface area contributed by atoms with Gasteiger partial charge in [-0.25, -0.2) is 0 Å². The van der Waals surface area contributed by atoms with Gasteiger partial charge >= 0.3 is 0 Å². The topological polar surface area (TPSA) is 55.5 Å². The summed E-state index contributed by atoms with van der Waals surface area (Å²) in [6.45, 7) is 0.536. The molecule has 2 aromatic carbocycles. The SMILES string of the molecule is COc1ccc(CC(CN)c2ccc(Cl)cc2)cc1O. The van der Waals surface area contributed by atoms with Crippen molar-refractivity contribution in [3.63, 3.8) is 0 Å². The number of methoxy groups -OCH3 is 1. The van der Waals surface area contributed by atoms with Crippen LogP contribution < -0.4 is 10.5 Å². The molecule has 2 aromatic rings. The monoisotopic (exact) mass is 291 g/mol. The van der Waals surface area contributed by atoms with Gasteiger partial charge in [-0.05, 0) is 48.4 Å². The average molecular weight is 292 g/mol. The number of phenolic OH excluding ortho intramolecular Hbond substituents is 1. The van der Waals surface area contributed by atoms with Crippen LogP contribution in [-0.2, 0) is 6.42 Å². The fourth-order valence-electron chi connectivity index (χ4n) is 2.22. The highest BCUT2D eigenvalue weighted by Crippen LogP contribution is 2.29. The van der Waals surface area contributed by atoms with Crippen molar-refractivity contribution in [1.29, 1.82) is 0 Å². The number of aromatic hydroxyl groups is 1. The molecular weight excluding hydrogens is 274 g/mol. The quantitative estimate of drug-likeness (QED) is 0.888. The summed E-state index contributed by atoms with van der Waals surface area (Å²) in [5, 5.41) is 10.5. The van der Waals surface area contributed by atoms with E-state index in [-0.39, 0.29) is 11.7 Å². The van der Waals surface area contributed by atoms with Crippen LogP contribution >= 0.6 is 11.6 Å². The van der Waals surface area contributed by atoms with Gasteiger partial charge in [0.15, 0.2) is 11.5 Å². The van der Waals surface area contributed by atoms with Crippen molar-refractivity contribution >= 4 is 11.6 Å². The molecule has 4 heteroatoms. The summed E-state index contributed by atoms with van der Waals surface area (Å²) < 4.78 is 5.04. The van der Waals surface area contributed by atoms with Gasteiger partial charge < -0.3 is 15.6 Å². The van der Waals surface area contributed by atoms with Gasteiger partial charge in [0.2, 0.25) is 0 Å². The minimum Gasteiger partial charge on any atom is -0.504 e. The first-order chi connectivity index (χ1) is 9.63. The van der Waals surface area contributed by atoms with Gasteiger partial charge in [-0.1, -0.05) is 29.8 Å². The Bertz CT molecular complexity index is 569. The third-order valence-corrected chi connectivity index (χ3v) is 3.60. The summed E-state index contributed by atoms with van der Waals surface area (Å²) in [5.41, 5.74) is 8.03. The van der Waals surface area contributed by atoms with Crippen LogP contribution in [0.4, 0.5) is 0 Å². The van der Waals surface area contributed by atoms with E-state index in [1.807, 2.05) is 30.3 Å². The molecule has 106 valence electrons. The lowest BCUT2D eigenvalue weighted by Crippen LogP contribution is -2.15. The molecule has 3 N–H and O–H groups in total. The number of phenols is 1. The molecule has 0 fully saturated rings. The van der Waals surface area contributed by atoms with Crippen LogP contribution in [0.2, 0.25) is 5.02 Å². The summed E-state index contributed by atoms with van der Waals surface area (Å²) >= 11 is 5.90. The number of hydrogen-bond donors (Lipinski definition) is 2. The molecule has 0 saturated carbocycles. The molecule has 0 spiro atoms. The van der Waals surface area contributed by atoms with Gasteiger partial charge in [-0.2, -0.15) is 0 Å². The van der Waals surface area contributed by atoms with Crippen molar-refractivity contribution in [3.8, 4) is 11.5 Å². The van der Waals surface area contributed by atoms with E-state index in [2.05, 4.69) is 0 Å². The zero-order chi connectivity index (χ0) is 14.5. The van der Waals surface area contributed by atoms with Crippen LogP contribution in [0.3, 0.4) is 0 Å². The molecule has 20 heavy (non-hydrogen) atoms. The Kier molecular flexibility index (Phi) is 4.88. The Morgan fingerprint density at radius 3 is 2.45 bits per heavy atom. The van der Waals surface area contributed by atoms with Crippen LogP contribution in [0.25, 0.3) is 0 Å². The molecule has 0 bridgehead atoms. The van der Waals surface area contributed by atoms with Gasteiger partial charge in [0.25, 0.3) is 0 Å². The molecule has 1 atom stereocenters. The van der Waals surface area contributed by atoms with E-state index in [9.17, 15) is 5.11 Å². The second kappa shape index (κ2) is 6.64. The van der Waals surface area contributed by atoms with E-state index in [1.165, 1.54) is 7.11 Å². The Labute approximate surface area is 123 Å². The lowest BCUT2D eigenvalue weighted by Gasteiger charge is -2.16. The Balaban J connectivity index is 2.17. The van der Waals surface area contributed by atoms with Crippen molar-refractivity contribution < 1.29 is 9.84 Å². The highest BCUT2D eigenvalue weighted by Gasteiger charge is 2.12. The molecule has 0 radical (unpaired) electrons. The summed E-state index contributed by atoms with van der Waals surface area (Å²) in [6, 6.07) is 13.1. The maximum Gasteiger partial charge on any atom is 0.160 e. The van der Waals surface area contributed by atoms with Crippen LogP contribution in [0.1, 0.15) is 17.0 Å². The zero-order valence-corrected chi connectivity index (χ0v) is 12.1. The van der Waals surface area contributed by atoms with E-state index in [1.54, 1.807) is 12.1 Å². The normalized spacial score (nSPS) is 12.2. The summed E-state index contributed by atoms with van der Waals surface area (Å²) in [6.07, 6.45) is 0.760. The standard InChI is InChI=1S/C16H18ClNO2/c1-20-16-7-2-11(9-15(16)19)8-13(10-18)12-3-5-14(17)6-4-12/h2-7,9,13,19H,8,10,18H2,1H3. The zero-order valence-electron chi connectivity index (χ0n) is 11.3. The van der Waals surface area contributed by atoms with Gasteiger partial charge in [-0.3, -0.25) is 0 Å². The number of rotatable bonds is 5. The Morgan fingerprint density at radius 1 is 1.20 bits per heavy atom. The molecular formula is C16H18ClNO2. The lowest BCUT2D eigenvalue weighted by molar-refractivity contribution is 0.373. The number of ether oxygens (including phenoxy) is 1. The fraction of sp³-hybridized carbons (Fsp3) is 0.250. The molecule has 1 unspecified atom stereocenters. The first-order valence-electron chi connectivity index (χ1n) is 6.45. The second-order valence-electron chi connectivity index (χ2n) is 4.69. The number of hydrogen-bond acceptors (Lipinski definition) is 3. The van der Waals surface area contributed by atoms with E-state index < -0.39 is 0 Å². The van der Waals surface area contributed by atoms with E-state index in [0.29, 0.717) is 17.3 Å². The van der Waals surface area contributed by atoms with Gasteiger partial charge in [-0.15, -0.1) is 0 Å². The average Bonchev–Trinajstić information content (AvgIpc) is 2.46. The summed E-state index contributed by atoms with van der Waals surface area (Å²) in [4.78, 5) is 0. The minimum atomic E-state index is 0.150. The predicted octanol–water partition coefficient (Wildman–Crippen LogP) is 3.34. The number of benzene rings is 2. The first kappa shape index (κ1) is 14.7. The molecule has 0 aliphatic carbocycles. The maximum absolute atomic E-state index is 9.81. The van der Waals surface area contributed by atoms with Crippen LogP contribution in [0.15, 0.2) is 42.5 Å². The van der Waals surface area contributed by atoms with E-state index >= 15 is 0 Å². The van der Waals surface area contributed by atoms with Crippen molar-refractivity contribution in [3.05, 3.63) is 58.6 Å². The predicted molar refractivity (Wildman–Crippen MR) is 81.6 cm³/mol. The highest BCUT2D eigenvalue weighted by atomic mass is 35.5. The van der Waals surface area contributed by atoms with Crippen molar-refractivity contribution in [1.82, 2.24) is 0 Å². The van der Waals surface area contributed by atoms with Gasteiger partial charge in [0.05, 0.1) is 7.11 Å². The number of nitrogens with two attached hydrogens (primary N) is 1. The van der Waals surface area contributed by atoms with Crippen LogP contribution in [0.5, 0.6) is 11.5 Å². The summed E-state index contributed by atoms with van der Waals surface area (Å²) in [5.74, 6) is 0.821. The van der Waals surface area contributed by atoms with E-state index in [4.69, 9.17) is 22.1 Å². The first-order valence-corrected chi connectivity index (χ1v) is 6.83. The van der Waals surface area contributed by atoms with Crippen molar-refractivity contribution in [2.24, 2.45) is 5.73 Å². The smallest absolute Gasteiger partial charge is 0.160 e. The molecule has 2 rings (SSSR count). The van der Waals surface area contributed by atoms with Crippen LogP contribution in [0, 0.1) is 0 Å². The lowest BCUT2D eigenvalue weighted by atomic mass is 9.92. The third-order valence-electron chi connectivity index (χ3n) is 3.35. The van der Waals surface area contributed by atoms with Crippen molar-refractivity contribution in [2.75, 3.05) is 13.7 Å². The summed E-state index contributed by atoms with van der Waals surface area (Å²) in [7, 11) is 1.53. The van der Waals surface area contributed by atoms with Crippen molar-refractivity contribution in [2.45, 2.75) is 12.3 Å². The minimum absolute atomic E-state index is 0.150. The van der Waals surface area contributed by atoms with E-state index in [0.717, 1.165) is 17.5 Å². The maximum atomic E-state index is 9.81. The highest BCUT2D eigenvalue weighted by molar-refractivity contribution is 6.30. The number of halogens is 1. The molecule has 0 saturated heterocycles. The molecule has 0 aliphatic heterocycles. The Hall–Kier alpha value is -1.71. The molecule has 0 aromatic heterocycles. The van der Waals surface area contributed by atoms with Crippen LogP contribution in [-0.4, -0.2) is 18.8 Å². The molecule has 3 nitrogen and oxygen atoms in total. The Morgan fingerprint density at radius 2 is 1.90 bits per heavy atom. The second-order valence-corrected chi connectivity index (χ2v) is 5.13.